The summed E-state index contributed by atoms with van der Waals surface area (Å²) in [4.78, 5) is 11.0. The Kier molecular flexibility index (Phi) is 5.59. The van der Waals surface area contributed by atoms with Crippen molar-refractivity contribution >= 4 is 5.82 Å². The fourth-order valence-corrected chi connectivity index (χ4v) is 3.04. The van der Waals surface area contributed by atoms with Gasteiger partial charge in [-0.3, -0.25) is 0 Å². The molecular formula is C15H26N4O. The Hall–Kier alpha value is -1.36. The Bertz CT molecular complexity index is 413. The van der Waals surface area contributed by atoms with Crippen LogP contribution in [0.25, 0.3) is 0 Å². The highest BCUT2D eigenvalue weighted by molar-refractivity contribution is 5.42. The lowest BCUT2D eigenvalue weighted by Gasteiger charge is -2.32. The van der Waals surface area contributed by atoms with E-state index in [1.54, 1.807) is 6.33 Å². The first-order chi connectivity index (χ1) is 9.80. The molecule has 1 saturated carbocycles. The molecule has 2 atom stereocenters. The number of nitrogens with zero attached hydrogens (tertiary/aromatic N) is 3. The molecule has 1 fully saturated rings. The zero-order valence-corrected chi connectivity index (χ0v) is 12.6. The summed E-state index contributed by atoms with van der Waals surface area (Å²) in [6.07, 6.45) is 6.25. The molecule has 112 valence electrons. The van der Waals surface area contributed by atoms with Crippen molar-refractivity contribution in [2.75, 3.05) is 24.6 Å². The minimum atomic E-state index is 0.499. The van der Waals surface area contributed by atoms with Gasteiger partial charge in [0.05, 0.1) is 6.61 Å². The van der Waals surface area contributed by atoms with Crippen LogP contribution < -0.4 is 15.4 Å². The molecule has 1 heterocycles. The molecule has 0 radical (unpaired) electrons. The first-order valence-corrected chi connectivity index (χ1v) is 7.71. The van der Waals surface area contributed by atoms with Gasteiger partial charge >= 0.3 is 0 Å². The standard InChI is InChI=1S/C15H26N4O/c1-3-8-20-15-9-14(17-11-18-15)19(4-2)13-7-5-6-12(13)10-16/h9,11-13H,3-8,10,16H2,1-2H3. The molecule has 1 aliphatic carbocycles. The SMILES string of the molecule is CCCOc1cc(N(CC)C2CCCC2CN)ncn1. The molecule has 0 aliphatic heterocycles. The molecule has 0 amide bonds. The predicted molar refractivity (Wildman–Crippen MR) is 81.0 cm³/mol. The lowest BCUT2D eigenvalue weighted by Crippen LogP contribution is -2.40. The Morgan fingerprint density at radius 2 is 2.20 bits per heavy atom. The number of ether oxygens (including phenoxy) is 1. The zero-order chi connectivity index (χ0) is 14.4. The molecule has 0 saturated heterocycles. The minimum absolute atomic E-state index is 0.499. The van der Waals surface area contributed by atoms with Gasteiger partial charge in [-0.25, -0.2) is 9.97 Å². The summed E-state index contributed by atoms with van der Waals surface area (Å²) >= 11 is 0. The van der Waals surface area contributed by atoms with Crippen LogP contribution in [0.3, 0.4) is 0 Å². The number of hydrogen-bond donors (Lipinski definition) is 1. The van der Waals surface area contributed by atoms with E-state index in [9.17, 15) is 0 Å². The summed E-state index contributed by atoms with van der Waals surface area (Å²) in [5, 5.41) is 0. The highest BCUT2D eigenvalue weighted by atomic mass is 16.5. The lowest BCUT2D eigenvalue weighted by atomic mass is 10.0. The summed E-state index contributed by atoms with van der Waals surface area (Å²) in [6, 6.07) is 2.45. The third kappa shape index (κ3) is 3.39. The Labute approximate surface area is 121 Å². The third-order valence-electron chi connectivity index (χ3n) is 4.04. The van der Waals surface area contributed by atoms with Crippen LogP contribution in [0.5, 0.6) is 5.88 Å². The second kappa shape index (κ2) is 7.43. The van der Waals surface area contributed by atoms with Gasteiger partial charge < -0.3 is 15.4 Å². The van der Waals surface area contributed by atoms with E-state index in [1.807, 2.05) is 6.07 Å². The van der Waals surface area contributed by atoms with Crippen LogP contribution in [0.2, 0.25) is 0 Å². The Morgan fingerprint density at radius 3 is 2.90 bits per heavy atom. The van der Waals surface area contributed by atoms with Gasteiger partial charge in [0.15, 0.2) is 0 Å². The van der Waals surface area contributed by atoms with E-state index < -0.39 is 0 Å². The van der Waals surface area contributed by atoms with Crippen LogP contribution in [0.1, 0.15) is 39.5 Å². The number of rotatable bonds is 7. The van der Waals surface area contributed by atoms with Crippen LogP contribution >= 0.6 is 0 Å². The van der Waals surface area contributed by atoms with E-state index in [-0.39, 0.29) is 0 Å². The van der Waals surface area contributed by atoms with Gasteiger partial charge in [0.1, 0.15) is 12.1 Å². The summed E-state index contributed by atoms with van der Waals surface area (Å²) in [5.41, 5.74) is 5.91. The molecule has 0 aromatic carbocycles. The van der Waals surface area contributed by atoms with Crippen molar-refractivity contribution in [2.45, 2.75) is 45.6 Å². The number of anilines is 1. The monoisotopic (exact) mass is 278 g/mol. The second-order valence-electron chi connectivity index (χ2n) is 5.34. The van der Waals surface area contributed by atoms with Crippen molar-refractivity contribution in [3.05, 3.63) is 12.4 Å². The van der Waals surface area contributed by atoms with Crippen LogP contribution in [-0.4, -0.2) is 35.7 Å². The smallest absolute Gasteiger partial charge is 0.218 e. The molecule has 2 rings (SSSR count). The average molecular weight is 278 g/mol. The summed E-state index contributed by atoms with van der Waals surface area (Å²) in [6.45, 7) is 6.64. The molecule has 5 heteroatoms. The first kappa shape index (κ1) is 15.0. The fourth-order valence-electron chi connectivity index (χ4n) is 3.04. The molecular weight excluding hydrogens is 252 g/mol. The van der Waals surface area contributed by atoms with E-state index >= 15 is 0 Å². The van der Waals surface area contributed by atoms with Crippen molar-refractivity contribution in [3.63, 3.8) is 0 Å². The highest BCUT2D eigenvalue weighted by Gasteiger charge is 2.31. The summed E-state index contributed by atoms with van der Waals surface area (Å²) < 4.78 is 5.60. The van der Waals surface area contributed by atoms with E-state index in [0.29, 0.717) is 24.4 Å². The fraction of sp³-hybridized carbons (Fsp3) is 0.733. The number of aromatic nitrogens is 2. The molecule has 0 spiro atoms. The minimum Gasteiger partial charge on any atom is -0.478 e. The molecule has 1 aromatic heterocycles. The molecule has 2 N–H and O–H groups in total. The maximum absolute atomic E-state index is 5.91. The normalized spacial score (nSPS) is 21.9. The van der Waals surface area contributed by atoms with Gasteiger partial charge in [0.25, 0.3) is 0 Å². The Balaban J connectivity index is 2.14. The van der Waals surface area contributed by atoms with Crippen LogP contribution in [0.15, 0.2) is 12.4 Å². The van der Waals surface area contributed by atoms with E-state index in [2.05, 4.69) is 28.7 Å². The maximum atomic E-state index is 5.91. The van der Waals surface area contributed by atoms with Gasteiger partial charge in [0, 0.05) is 18.7 Å². The van der Waals surface area contributed by atoms with Crippen molar-refractivity contribution in [2.24, 2.45) is 11.7 Å². The van der Waals surface area contributed by atoms with Crippen LogP contribution in [0.4, 0.5) is 5.82 Å². The predicted octanol–water partition coefficient (Wildman–Crippen LogP) is 2.22. The number of nitrogens with two attached hydrogens (primary N) is 1. The van der Waals surface area contributed by atoms with Gasteiger partial charge in [-0.15, -0.1) is 0 Å². The summed E-state index contributed by atoms with van der Waals surface area (Å²) in [5.74, 6) is 2.20. The van der Waals surface area contributed by atoms with E-state index in [1.165, 1.54) is 19.3 Å². The molecule has 2 unspecified atom stereocenters. The molecule has 1 aliphatic rings. The van der Waals surface area contributed by atoms with Crippen molar-refractivity contribution in [3.8, 4) is 5.88 Å². The molecule has 5 nitrogen and oxygen atoms in total. The van der Waals surface area contributed by atoms with Crippen molar-refractivity contribution < 1.29 is 4.74 Å². The average Bonchev–Trinajstić information content (AvgIpc) is 2.95. The highest BCUT2D eigenvalue weighted by Crippen LogP contribution is 2.32. The van der Waals surface area contributed by atoms with E-state index in [0.717, 1.165) is 25.3 Å². The van der Waals surface area contributed by atoms with Crippen LogP contribution in [-0.2, 0) is 0 Å². The number of hydrogen-bond acceptors (Lipinski definition) is 5. The third-order valence-corrected chi connectivity index (χ3v) is 4.04. The lowest BCUT2D eigenvalue weighted by molar-refractivity contribution is 0.304. The van der Waals surface area contributed by atoms with Crippen LogP contribution in [0, 0.1) is 5.92 Å². The zero-order valence-electron chi connectivity index (χ0n) is 12.6. The van der Waals surface area contributed by atoms with Gasteiger partial charge in [-0.2, -0.15) is 0 Å². The molecule has 20 heavy (non-hydrogen) atoms. The second-order valence-corrected chi connectivity index (χ2v) is 5.34. The van der Waals surface area contributed by atoms with E-state index in [4.69, 9.17) is 10.5 Å². The van der Waals surface area contributed by atoms with Gasteiger partial charge in [-0.1, -0.05) is 13.3 Å². The largest absolute Gasteiger partial charge is 0.478 e. The molecule has 1 aromatic rings. The summed E-state index contributed by atoms with van der Waals surface area (Å²) in [7, 11) is 0. The van der Waals surface area contributed by atoms with Gasteiger partial charge in [-0.05, 0) is 38.6 Å². The van der Waals surface area contributed by atoms with Gasteiger partial charge in [0.2, 0.25) is 5.88 Å². The Morgan fingerprint density at radius 1 is 1.35 bits per heavy atom. The topological polar surface area (TPSA) is 64.3 Å². The quantitative estimate of drug-likeness (QED) is 0.828. The van der Waals surface area contributed by atoms with Crippen molar-refractivity contribution in [1.29, 1.82) is 0 Å². The van der Waals surface area contributed by atoms with Crippen molar-refractivity contribution in [1.82, 2.24) is 9.97 Å². The maximum Gasteiger partial charge on any atom is 0.218 e. The first-order valence-electron chi connectivity index (χ1n) is 7.71. The molecule has 0 bridgehead atoms.